The van der Waals surface area contributed by atoms with Crippen LogP contribution >= 0.6 is 11.6 Å². The van der Waals surface area contributed by atoms with Crippen LogP contribution in [0.3, 0.4) is 0 Å². The van der Waals surface area contributed by atoms with E-state index in [4.69, 9.17) is 16.3 Å². The zero-order valence-corrected chi connectivity index (χ0v) is 15.2. The normalized spacial score (nSPS) is 21.4. The number of hydrogen-bond acceptors (Lipinski definition) is 3. The standard InChI is InChI=1S/C18H24ClN3O3/c1-21(11-13-5-7-25-8-6-13)18(24)20-15-10-17(23)22(12-15)16-4-2-3-14(19)9-16/h2-4,9,13,15H,5-8,10-12H2,1H3,(H,20,24). The maximum Gasteiger partial charge on any atom is 0.317 e. The van der Waals surface area contributed by atoms with E-state index >= 15 is 0 Å². The number of urea groups is 1. The minimum absolute atomic E-state index is 0.000325. The first-order valence-electron chi connectivity index (χ1n) is 8.68. The van der Waals surface area contributed by atoms with Gasteiger partial charge in [0.2, 0.25) is 5.91 Å². The van der Waals surface area contributed by atoms with Gasteiger partial charge in [-0.2, -0.15) is 0 Å². The summed E-state index contributed by atoms with van der Waals surface area (Å²) in [5.74, 6) is 0.484. The summed E-state index contributed by atoms with van der Waals surface area (Å²) in [6.07, 6.45) is 2.29. The van der Waals surface area contributed by atoms with Crippen LogP contribution in [0.25, 0.3) is 0 Å². The number of hydrogen-bond donors (Lipinski definition) is 1. The molecule has 25 heavy (non-hydrogen) atoms. The third-order valence-electron chi connectivity index (χ3n) is 4.79. The van der Waals surface area contributed by atoms with Crippen molar-refractivity contribution < 1.29 is 14.3 Å². The quantitative estimate of drug-likeness (QED) is 0.891. The Morgan fingerprint density at radius 1 is 1.40 bits per heavy atom. The molecule has 2 aliphatic heterocycles. The fourth-order valence-electron chi connectivity index (χ4n) is 3.38. The molecular weight excluding hydrogens is 342 g/mol. The zero-order chi connectivity index (χ0) is 17.8. The van der Waals surface area contributed by atoms with E-state index in [1.807, 2.05) is 12.1 Å². The van der Waals surface area contributed by atoms with E-state index in [-0.39, 0.29) is 18.0 Å². The Labute approximate surface area is 153 Å². The molecule has 1 aromatic carbocycles. The first-order chi connectivity index (χ1) is 12.0. The van der Waals surface area contributed by atoms with E-state index in [1.54, 1.807) is 29.0 Å². The average Bonchev–Trinajstić information content (AvgIpc) is 2.96. The molecule has 136 valence electrons. The van der Waals surface area contributed by atoms with Crippen LogP contribution in [-0.4, -0.2) is 56.2 Å². The van der Waals surface area contributed by atoms with E-state index < -0.39 is 0 Å². The summed E-state index contributed by atoms with van der Waals surface area (Å²) in [7, 11) is 1.80. The molecule has 7 heteroatoms. The highest BCUT2D eigenvalue weighted by molar-refractivity contribution is 6.30. The second-order valence-corrected chi connectivity index (χ2v) is 7.21. The molecule has 2 saturated heterocycles. The van der Waals surface area contributed by atoms with E-state index in [0.29, 0.717) is 30.5 Å². The SMILES string of the molecule is CN(CC1CCOCC1)C(=O)NC1CC(=O)N(c2cccc(Cl)c2)C1. The van der Waals surface area contributed by atoms with Crippen molar-refractivity contribution >= 4 is 29.2 Å². The molecule has 0 bridgehead atoms. The number of nitrogens with one attached hydrogen (secondary N) is 1. The summed E-state index contributed by atoms with van der Waals surface area (Å²) < 4.78 is 5.35. The van der Waals surface area contributed by atoms with Gasteiger partial charge in [-0.15, -0.1) is 0 Å². The number of nitrogens with zero attached hydrogens (tertiary/aromatic N) is 2. The lowest BCUT2D eigenvalue weighted by Gasteiger charge is -2.28. The molecule has 0 saturated carbocycles. The number of anilines is 1. The van der Waals surface area contributed by atoms with Crippen LogP contribution in [0.2, 0.25) is 5.02 Å². The smallest absolute Gasteiger partial charge is 0.317 e. The molecule has 2 heterocycles. The molecular formula is C18H24ClN3O3. The molecule has 0 spiro atoms. The molecule has 1 aromatic rings. The summed E-state index contributed by atoms with van der Waals surface area (Å²) in [5.41, 5.74) is 0.768. The van der Waals surface area contributed by atoms with Gasteiger partial charge < -0.3 is 19.9 Å². The summed E-state index contributed by atoms with van der Waals surface area (Å²) in [5, 5.41) is 3.56. The summed E-state index contributed by atoms with van der Waals surface area (Å²) in [4.78, 5) is 28.1. The lowest BCUT2D eigenvalue weighted by molar-refractivity contribution is -0.117. The van der Waals surface area contributed by atoms with Crippen LogP contribution in [0.4, 0.5) is 10.5 Å². The van der Waals surface area contributed by atoms with Crippen molar-refractivity contribution in [3.05, 3.63) is 29.3 Å². The number of amides is 3. The molecule has 0 aliphatic carbocycles. The number of benzene rings is 1. The molecule has 3 amide bonds. The number of carbonyl (C=O) groups excluding carboxylic acids is 2. The first-order valence-corrected chi connectivity index (χ1v) is 9.06. The molecule has 3 rings (SSSR count). The third kappa shape index (κ3) is 4.64. The van der Waals surface area contributed by atoms with E-state index in [1.165, 1.54) is 0 Å². The Morgan fingerprint density at radius 3 is 2.88 bits per heavy atom. The topological polar surface area (TPSA) is 61.9 Å². The monoisotopic (exact) mass is 365 g/mol. The van der Waals surface area contributed by atoms with Crippen molar-refractivity contribution in [3.63, 3.8) is 0 Å². The Bertz CT molecular complexity index is 634. The predicted octanol–water partition coefficient (Wildman–Crippen LogP) is 2.51. The van der Waals surface area contributed by atoms with Crippen molar-refractivity contribution in [2.24, 2.45) is 5.92 Å². The molecule has 2 aliphatic rings. The first kappa shape index (κ1) is 18.0. The third-order valence-corrected chi connectivity index (χ3v) is 5.03. The van der Waals surface area contributed by atoms with Gasteiger partial charge in [0.25, 0.3) is 0 Å². The Balaban J connectivity index is 1.52. The summed E-state index contributed by atoms with van der Waals surface area (Å²) in [6.45, 7) is 2.72. The van der Waals surface area contributed by atoms with E-state index in [0.717, 1.165) is 31.7 Å². The van der Waals surface area contributed by atoms with Gasteiger partial charge in [0.15, 0.2) is 0 Å². The molecule has 1 unspecified atom stereocenters. The lowest BCUT2D eigenvalue weighted by atomic mass is 10.00. The number of halogens is 1. The van der Waals surface area contributed by atoms with Gasteiger partial charge in [0.1, 0.15) is 0 Å². The minimum atomic E-state index is -0.184. The number of rotatable bonds is 4. The highest BCUT2D eigenvalue weighted by atomic mass is 35.5. The predicted molar refractivity (Wildman–Crippen MR) is 96.9 cm³/mol. The van der Waals surface area contributed by atoms with Crippen molar-refractivity contribution in [1.82, 2.24) is 10.2 Å². The highest BCUT2D eigenvalue weighted by Gasteiger charge is 2.32. The van der Waals surface area contributed by atoms with Crippen molar-refractivity contribution in [3.8, 4) is 0 Å². The molecule has 6 nitrogen and oxygen atoms in total. The van der Waals surface area contributed by atoms with Gasteiger partial charge >= 0.3 is 6.03 Å². The fraction of sp³-hybridized carbons (Fsp3) is 0.556. The Hall–Kier alpha value is -1.79. The fourth-order valence-corrected chi connectivity index (χ4v) is 3.57. The lowest BCUT2D eigenvalue weighted by Crippen LogP contribution is -2.46. The van der Waals surface area contributed by atoms with Gasteiger partial charge in [-0.1, -0.05) is 17.7 Å². The van der Waals surface area contributed by atoms with Gasteiger partial charge in [0.05, 0.1) is 6.04 Å². The van der Waals surface area contributed by atoms with Crippen molar-refractivity contribution in [2.75, 3.05) is 38.3 Å². The van der Waals surface area contributed by atoms with Gasteiger partial charge in [-0.05, 0) is 37.0 Å². The second kappa shape index (κ2) is 8.06. The number of carbonyl (C=O) groups is 2. The van der Waals surface area contributed by atoms with E-state index in [2.05, 4.69) is 5.32 Å². The van der Waals surface area contributed by atoms with Crippen LogP contribution in [-0.2, 0) is 9.53 Å². The van der Waals surface area contributed by atoms with Crippen molar-refractivity contribution in [2.45, 2.75) is 25.3 Å². The highest BCUT2D eigenvalue weighted by Crippen LogP contribution is 2.24. The van der Waals surface area contributed by atoms with E-state index in [9.17, 15) is 9.59 Å². The molecule has 0 radical (unpaired) electrons. The molecule has 0 aromatic heterocycles. The van der Waals surface area contributed by atoms with Crippen LogP contribution < -0.4 is 10.2 Å². The van der Waals surface area contributed by atoms with Crippen LogP contribution in [0.5, 0.6) is 0 Å². The molecule has 2 fully saturated rings. The average molecular weight is 366 g/mol. The second-order valence-electron chi connectivity index (χ2n) is 6.77. The molecule has 1 atom stereocenters. The van der Waals surface area contributed by atoms with Gasteiger partial charge in [0, 0.05) is 50.5 Å². The van der Waals surface area contributed by atoms with Crippen LogP contribution in [0, 0.1) is 5.92 Å². The Morgan fingerprint density at radius 2 is 2.16 bits per heavy atom. The van der Waals surface area contributed by atoms with Crippen LogP contribution in [0.1, 0.15) is 19.3 Å². The zero-order valence-electron chi connectivity index (χ0n) is 14.4. The van der Waals surface area contributed by atoms with Crippen LogP contribution in [0.15, 0.2) is 24.3 Å². The summed E-state index contributed by atoms with van der Waals surface area (Å²) in [6, 6.07) is 6.90. The number of ether oxygens (including phenoxy) is 1. The van der Waals surface area contributed by atoms with Gasteiger partial charge in [-0.25, -0.2) is 4.79 Å². The summed E-state index contributed by atoms with van der Waals surface area (Å²) >= 11 is 6.00. The Kier molecular flexibility index (Phi) is 5.81. The maximum atomic E-state index is 12.4. The van der Waals surface area contributed by atoms with Crippen molar-refractivity contribution in [1.29, 1.82) is 0 Å². The van der Waals surface area contributed by atoms with Gasteiger partial charge in [-0.3, -0.25) is 4.79 Å². The minimum Gasteiger partial charge on any atom is -0.381 e. The maximum absolute atomic E-state index is 12.4. The largest absolute Gasteiger partial charge is 0.381 e. The molecule has 1 N–H and O–H groups in total.